The van der Waals surface area contributed by atoms with E-state index in [1.54, 1.807) is 0 Å². The number of likely N-dealkylation sites (tertiary alicyclic amines) is 1. The van der Waals surface area contributed by atoms with E-state index in [0.717, 1.165) is 12.0 Å². The van der Waals surface area contributed by atoms with E-state index < -0.39 is 0 Å². The molecule has 2 fully saturated rings. The molecule has 1 saturated carbocycles. The second-order valence-electron chi connectivity index (χ2n) is 7.85. The first-order valence-corrected chi connectivity index (χ1v) is 9.70. The summed E-state index contributed by atoms with van der Waals surface area (Å²) in [7, 11) is 0. The van der Waals surface area contributed by atoms with Crippen LogP contribution in [0.25, 0.3) is 0 Å². The molecular formula is C19H38N2. The first-order valence-electron chi connectivity index (χ1n) is 9.70. The Labute approximate surface area is 132 Å². The van der Waals surface area contributed by atoms with Crippen LogP contribution in [0.4, 0.5) is 0 Å². The minimum absolute atomic E-state index is 0.403. The van der Waals surface area contributed by atoms with Crippen LogP contribution in [-0.2, 0) is 0 Å². The maximum atomic E-state index is 6.65. The Bertz CT molecular complexity index is 279. The fraction of sp³-hybridized carbons (Fsp3) is 1.00. The summed E-state index contributed by atoms with van der Waals surface area (Å²) in [6.07, 6.45) is 16.6. The predicted molar refractivity (Wildman–Crippen MR) is 92.5 cm³/mol. The summed E-state index contributed by atoms with van der Waals surface area (Å²) >= 11 is 0. The number of nitrogens with zero attached hydrogens (tertiary/aromatic N) is 1. The number of rotatable bonds is 1. The van der Waals surface area contributed by atoms with Gasteiger partial charge < -0.3 is 5.73 Å². The Hall–Kier alpha value is -0.0800. The van der Waals surface area contributed by atoms with Crippen molar-refractivity contribution in [3.8, 4) is 0 Å². The zero-order valence-corrected chi connectivity index (χ0v) is 14.5. The van der Waals surface area contributed by atoms with Crippen molar-refractivity contribution in [3.63, 3.8) is 0 Å². The number of piperidine rings is 1. The average Bonchev–Trinajstić information content (AvgIpc) is 2.44. The predicted octanol–water partition coefficient (Wildman–Crippen LogP) is 4.72. The standard InChI is InChI=1S/C19H38N2/c1-16-13-14-21(17(2)15-16)19-12-10-8-6-4-3-5-7-9-11-18(19)20/h16-19H,3-15,20H2,1-2H3. The fourth-order valence-electron chi connectivity index (χ4n) is 4.53. The molecule has 0 bridgehead atoms. The van der Waals surface area contributed by atoms with E-state index >= 15 is 0 Å². The SMILES string of the molecule is CC1CCN(C2CCCCCCCCCCC2N)C(C)C1. The van der Waals surface area contributed by atoms with Gasteiger partial charge in [-0.25, -0.2) is 0 Å². The van der Waals surface area contributed by atoms with Crippen molar-refractivity contribution < 1.29 is 0 Å². The van der Waals surface area contributed by atoms with Gasteiger partial charge in [-0.1, -0.05) is 58.3 Å². The van der Waals surface area contributed by atoms with Crippen LogP contribution in [0.2, 0.25) is 0 Å². The van der Waals surface area contributed by atoms with E-state index in [1.807, 2.05) is 0 Å². The molecule has 0 aromatic heterocycles. The Morgan fingerprint density at radius 1 is 0.762 bits per heavy atom. The Morgan fingerprint density at radius 3 is 1.95 bits per heavy atom. The highest BCUT2D eigenvalue weighted by atomic mass is 15.2. The van der Waals surface area contributed by atoms with Gasteiger partial charge in [-0.05, 0) is 45.1 Å². The average molecular weight is 295 g/mol. The number of hydrogen-bond donors (Lipinski definition) is 1. The van der Waals surface area contributed by atoms with Crippen molar-refractivity contribution in [2.45, 2.75) is 109 Å². The molecule has 1 saturated heterocycles. The van der Waals surface area contributed by atoms with Gasteiger partial charge >= 0.3 is 0 Å². The van der Waals surface area contributed by atoms with Gasteiger partial charge in [-0.15, -0.1) is 0 Å². The van der Waals surface area contributed by atoms with Crippen LogP contribution >= 0.6 is 0 Å². The summed E-state index contributed by atoms with van der Waals surface area (Å²) in [5.74, 6) is 0.902. The topological polar surface area (TPSA) is 29.3 Å². The maximum absolute atomic E-state index is 6.65. The van der Waals surface area contributed by atoms with Gasteiger partial charge in [0, 0.05) is 18.1 Å². The lowest BCUT2D eigenvalue weighted by atomic mass is 9.87. The first kappa shape index (κ1) is 17.3. The summed E-state index contributed by atoms with van der Waals surface area (Å²) in [5, 5.41) is 0. The molecular weight excluding hydrogens is 256 g/mol. The van der Waals surface area contributed by atoms with Gasteiger partial charge in [0.1, 0.15) is 0 Å². The third-order valence-corrected chi connectivity index (χ3v) is 5.90. The van der Waals surface area contributed by atoms with Gasteiger partial charge in [0.25, 0.3) is 0 Å². The molecule has 1 aliphatic carbocycles. The Morgan fingerprint density at radius 2 is 1.33 bits per heavy atom. The molecule has 2 heteroatoms. The Balaban J connectivity index is 1.94. The van der Waals surface area contributed by atoms with Crippen LogP contribution in [0.15, 0.2) is 0 Å². The quantitative estimate of drug-likeness (QED) is 0.758. The molecule has 0 amide bonds. The first-order chi connectivity index (χ1) is 10.2. The highest BCUT2D eigenvalue weighted by Crippen LogP contribution is 2.28. The van der Waals surface area contributed by atoms with E-state index in [9.17, 15) is 0 Å². The number of hydrogen-bond acceptors (Lipinski definition) is 2. The van der Waals surface area contributed by atoms with Gasteiger partial charge in [-0.2, -0.15) is 0 Å². The summed E-state index contributed by atoms with van der Waals surface area (Å²) in [5.41, 5.74) is 6.65. The second-order valence-corrected chi connectivity index (χ2v) is 7.85. The normalized spacial score (nSPS) is 38.4. The summed E-state index contributed by atoms with van der Waals surface area (Å²) < 4.78 is 0. The smallest absolute Gasteiger partial charge is 0.0250 e. The molecule has 0 radical (unpaired) electrons. The fourth-order valence-corrected chi connectivity index (χ4v) is 4.53. The lowest BCUT2D eigenvalue weighted by Gasteiger charge is -2.44. The van der Waals surface area contributed by atoms with Gasteiger partial charge in [-0.3, -0.25) is 4.90 Å². The van der Waals surface area contributed by atoms with Gasteiger partial charge in [0.15, 0.2) is 0 Å². The second kappa shape index (κ2) is 9.15. The summed E-state index contributed by atoms with van der Waals surface area (Å²) in [6, 6.07) is 1.78. The van der Waals surface area contributed by atoms with E-state index in [1.165, 1.54) is 83.6 Å². The summed E-state index contributed by atoms with van der Waals surface area (Å²) in [4.78, 5) is 2.77. The molecule has 21 heavy (non-hydrogen) atoms. The van der Waals surface area contributed by atoms with Crippen molar-refractivity contribution in [3.05, 3.63) is 0 Å². The molecule has 4 unspecified atom stereocenters. The van der Waals surface area contributed by atoms with E-state index in [4.69, 9.17) is 5.73 Å². The van der Waals surface area contributed by atoms with Crippen molar-refractivity contribution >= 4 is 0 Å². The minimum atomic E-state index is 0.403. The third-order valence-electron chi connectivity index (χ3n) is 5.90. The zero-order valence-electron chi connectivity index (χ0n) is 14.5. The van der Waals surface area contributed by atoms with Gasteiger partial charge in [0.05, 0.1) is 0 Å². The molecule has 4 atom stereocenters. The lowest BCUT2D eigenvalue weighted by molar-refractivity contribution is 0.0604. The van der Waals surface area contributed by atoms with E-state index in [-0.39, 0.29) is 0 Å². The van der Waals surface area contributed by atoms with Crippen molar-refractivity contribution in [2.75, 3.05) is 6.54 Å². The van der Waals surface area contributed by atoms with Gasteiger partial charge in [0.2, 0.25) is 0 Å². The maximum Gasteiger partial charge on any atom is 0.0250 e. The molecule has 2 rings (SSSR count). The molecule has 124 valence electrons. The highest BCUT2D eigenvalue weighted by molar-refractivity contribution is 4.88. The Kier molecular flexibility index (Phi) is 7.53. The van der Waals surface area contributed by atoms with E-state index in [2.05, 4.69) is 18.7 Å². The lowest BCUT2D eigenvalue weighted by Crippen LogP contribution is -2.54. The molecule has 1 heterocycles. The zero-order chi connectivity index (χ0) is 15.1. The van der Waals surface area contributed by atoms with Crippen molar-refractivity contribution in [2.24, 2.45) is 11.7 Å². The molecule has 2 N–H and O–H groups in total. The number of nitrogens with two attached hydrogens (primary N) is 1. The minimum Gasteiger partial charge on any atom is -0.326 e. The van der Waals surface area contributed by atoms with Crippen molar-refractivity contribution in [1.82, 2.24) is 4.90 Å². The van der Waals surface area contributed by atoms with Crippen LogP contribution in [-0.4, -0.2) is 29.6 Å². The van der Waals surface area contributed by atoms with E-state index in [0.29, 0.717) is 12.1 Å². The monoisotopic (exact) mass is 294 g/mol. The largest absolute Gasteiger partial charge is 0.326 e. The van der Waals surface area contributed by atoms with Crippen molar-refractivity contribution in [1.29, 1.82) is 0 Å². The van der Waals surface area contributed by atoms with Crippen LogP contribution in [0.5, 0.6) is 0 Å². The molecule has 2 nitrogen and oxygen atoms in total. The van der Waals surface area contributed by atoms with Crippen LogP contribution in [0.1, 0.15) is 90.9 Å². The summed E-state index contributed by atoms with van der Waals surface area (Å²) in [6.45, 7) is 6.12. The molecule has 2 aliphatic rings. The molecule has 0 spiro atoms. The van der Waals surface area contributed by atoms with Crippen LogP contribution in [0, 0.1) is 5.92 Å². The molecule has 0 aromatic rings. The van der Waals surface area contributed by atoms with Crippen LogP contribution < -0.4 is 5.73 Å². The third kappa shape index (κ3) is 5.56. The molecule has 1 aliphatic heterocycles. The molecule has 0 aromatic carbocycles. The highest BCUT2D eigenvalue weighted by Gasteiger charge is 2.31. The van der Waals surface area contributed by atoms with Crippen LogP contribution in [0.3, 0.4) is 0 Å².